The van der Waals surface area contributed by atoms with Gasteiger partial charge >= 0.3 is 0 Å². The van der Waals surface area contributed by atoms with Crippen molar-refractivity contribution in [2.75, 3.05) is 13.3 Å². The highest BCUT2D eigenvalue weighted by Crippen LogP contribution is 2.26. The van der Waals surface area contributed by atoms with E-state index in [0.717, 1.165) is 4.90 Å². The predicted molar refractivity (Wildman–Crippen MR) is 77.9 cm³/mol. The summed E-state index contributed by atoms with van der Waals surface area (Å²) in [6.45, 7) is 6.18. The lowest BCUT2D eigenvalue weighted by Crippen LogP contribution is -2.41. The van der Waals surface area contributed by atoms with Crippen LogP contribution in [0.25, 0.3) is 0 Å². The normalized spacial score (nSPS) is 15.2. The van der Waals surface area contributed by atoms with Crippen molar-refractivity contribution < 1.29 is 4.21 Å². The second kappa shape index (κ2) is 5.69. The van der Waals surface area contributed by atoms with Gasteiger partial charge in [-0.3, -0.25) is 9.11 Å². The first-order chi connectivity index (χ1) is 8.29. The average Bonchev–Trinajstić information content (AvgIpc) is 2.37. The van der Waals surface area contributed by atoms with E-state index in [1.807, 2.05) is 45.2 Å². The Morgan fingerprint density at radius 1 is 1.33 bits per heavy atom. The Hall–Kier alpha value is -1.11. The third kappa shape index (κ3) is 3.22. The molecule has 0 spiro atoms. The highest BCUT2D eigenvalue weighted by molar-refractivity contribution is 7.84. The van der Waals surface area contributed by atoms with E-state index >= 15 is 0 Å². The van der Waals surface area contributed by atoms with Gasteiger partial charge in [0.15, 0.2) is 0 Å². The van der Waals surface area contributed by atoms with E-state index in [1.165, 1.54) is 5.56 Å². The minimum absolute atomic E-state index is 0.218. The van der Waals surface area contributed by atoms with Crippen LogP contribution < -0.4 is 0 Å². The zero-order valence-electron chi connectivity index (χ0n) is 11.7. The molecule has 0 aliphatic heterocycles. The Morgan fingerprint density at radius 3 is 2.22 bits per heavy atom. The van der Waals surface area contributed by atoms with Gasteiger partial charge in [0.25, 0.3) is 0 Å². The molecule has 2 unspecified atom stereocenters. The van der Waals surface area contributed by atoms with Crippen LogP contribution in [0.3, 0.4) is 0 Å². The first-order valence-electron chi connectivity index (χ1n) is 5.93. The summed E-state index contributed by atoms with van der Waals surface area (Å²) in [7, 11) is 1.10. The summed E-state index contributed by atoms with van der Waals surface area (Å²) in [5.74, 6) is 2.80. The molecule has 3 heteroatoms. The molecule has 0 aliphatic rings. The zero-order valence-corrected chi connectivity index (χ0v) is 12.5. The maximum absolute atomic E-state index is 11.3. The molecule has 0 bridgehead atoms. The lowest BCUT2D eigenvalue weighted by atomic mass is 9.99. The molecule has 0 radical (unpaired) electrons. The van der Waals surface area contributed by atoms with Crippen molar-refractivity contribution >= 4 is 10.8 Å². The van der Waals surface area contributed by atoms with Gasteiger partial charge in [-0.15, -0.1) is 6.42 Å². The fourth-order valence-electron chi connectivity index (χ4n) is 1.75. The Labute approximate surface area is 113 Å². The Bertz CT molecular complexity index is 470. The molecular formula is C15H21NOS. The van der Waals surface area contributed by atoms with Gasteiger partial charge < -0.3 is 0 Å². The molecule has 0 saturated carbocycles. The summed E-state index contributed by atoms with van der Waals surface area (Å²) in [4.78, 5) is 3.01. The van der Waals surface area contributed by atoms with Crippen molar-refractivity contribution in [3.05, 3.63) is 29.8 Å². The van der Waals surface area contributed by atoms with Crippen molar-refractivity contribution in [2.45, 2.75) is 37.2 Å². The van der Waals surface area contributed by atoms with Crippen molar-refractivity contribution in [1.82, 2.24) is 4.90 Å². The summed E-state index contributed by atoms with van der Waals surface area (Å²) in [6, 6.07) is 8.09. The predicted octanol–water partition coefficient (Wildman–Crippen LogP) is 2.83. The molecule has 2 atom stereocenters. The number of terminal acetylenes is 1. The standard InChI is InChI=1S/C15H21NOS/c1-7-15(3,4)16(5)12(2)13-8-10-14(11-9-13)18(6)17/h1,8-12H,2-6H3. The first kappa shape index (κ1) is 14.9. The van der Waals surface area contributed by atoms with Gasteiger partial charge in [0.2, 0.25) is 0 Å². The molecule has 18 heavy (non-hydrogen) atoms. The number of hydrogen-bond donors (Lipinski definition) is 0. The minimum Gasteiger partial charge on any atom is -0.284 e. The smallest absolute Gasteiger partial charge is 0.0768 e. The van der Waals surface area contributed by atoms with Crippen LogP contribution in [0.4, 0.5) is 0 Å². The van der Waals surface area contributed by atoms with Gasteiger partial charge in [-0.2, -0.15) is 0 Å². The molecule has 1 aromatic rings. The van der Waals surface area contributed by atoms with Crippen LogP contribution in [0.1, 0.15) is 32.4 Å². The van der Waals surface area contributed by atoms with Crippen LogP contribution in [0.2, 0.25) is 0 Å². The lowest BCUT2D eigenvalue weighted by molar-refractivity contribution is 0.159. The monoisotopic (exact) mass is 263 g/mol. The van der Waals surface area contributed by atoms with Crippen LogP contribution in [-0.4, -0.2) is 28.0 Å². The molecule has 0 N–H and O–H groups in total. The first-order valence-corrected chi connectivity index (χ1v) is 7.49. The summed E-state index contributed by atoms with van der Waals surface area (Å²) in [6.07, 6.45) is 7.24. The summed E-state index contributed by atoms with van der Waals surface area (Å²) >= 11 is 0. The molecule has 0 amide bonds. The SMILES string of the molecule is C#CC(C)(C)N(C)C(C)c1ccc(S(C)=O)cc1. The molecule has 0 aromatic heterocycles. The second-order valence-corrected chi connectivity index (χ2v) is 6.39. The minimum atomic E-state index is -0.926. The van der Waals surface area contributed by atoms with E-state index in [9.17, 15) is 4.21 Å². The van der Waals surface area contributed by atoms with E-state index in [2.05, 4.69) is 17.7 Å². The van der Waals surface area contributed by atoms with Crippen molar-refractivity contribution in [2.24, 2.45) is 0 Å². The number of rotatable bonds is 4. The molecule has 0 saturated heterocycles. The zero-order chi connectivity index (χ0) is 13.9. The van der Waals surface area contributed by atoms with Crippen LogP contribution in [-0.2, 0) is 10.8 Å². The third-order valence-electron chi connectivity index (χ3n) is 3.51. The van der Waals surface area contributed by atoms with Crippen LogP contribution in [0, 0.1) is 12.3 Å². The van der Waals surface area contributed by atoms with E-state index in [1.54, 1.807) is 6.26 Å². The van der Waals surface area contributed by atoms with Crippen molar-refractivity contribution in [3.63, 3.8) is 0 Å². The number of hydrogen-bond acceptors (Lipinski definition) is 2. The van der Waals surface area contributed by atoms with Gasteiger partial charge in [0.1, 0.15) is 0 Å². The molecule has 0 fully saturated rings. The molecule has 1 aromatic carbocycles. The van der Waals surface area contributed by atoms with Crippen LogP contribution >= 0.6 is 0 Å². The average molecular weight is 263 g/mol. The fourth-order valence-corrected chi connectivity index (χ4v) is 2.27. The van der Waals surface area contributed by atoms with Crippen LogP contribution in [0.5, 0.6) is 0 Å². The maximum Gasteiger partial charge on any atom is 0.0768 e. The quantitative estimate of drug-likeness (QED) is 0.779. The Morgan fingerprint density at radius 2 is 1.83 bits per heavy atom. The topological polar surface area (TPSA) is 20.3 Å². The fraction of sp³-hybridized carbons (Fsp3) is 0.467. The molecular weight excluding hydrogens is 242 g/mol. The van der Waals surface area contributed by atoms with Crippen molar-refractivity contribution in [1.29, 1.82) is 0 Å². The maximum atomic E-state index is 11.3. The van der Waals surface area contributed by atoms with Crippen molar-refractivity contribution in [3.8, 4) is 12.3 Å². The van der Waals surface area contributed by atoms with Gasteiger partial charge in [0.05, 0.1) is 5.54 Å². The summed E-state index contributed by atoms with van der Waals surface area (Å²) in [5, 5.41) is 0. The van der Waals surface area contributed by atoms with E-state index in [4.69, 9.17) is 6.42 Å². The van der Waals surface area contributed by atoms with Gasteiger partial charge in [0, 0.05) is 28.0 Å². The van der Waals surface area contributed by atoms with Gasteiger partial charge in [-0.25, -0.2) is 0 Å². The largest absolute Gasteiger partial charge is 0.284 e. The molecule has 1 rings (SSSR count). The number of benzene rings is 1. The molecule has 0 heterocycles. The molecule has 2 nitrogen and oxygen atoms in total. The third-order valence-corrected chi connectivity index (χ3v) is 4.45. The van der Waals surface area contributed by atoms with Gasteiger partial charge in [-0.1, -0.05) is 18.1 Å². The van der Waals surface area contributed by atoms with Crippen LogP contribution in [0.15, 0.2) is 29.2 Å². The van der Waals surface area contributed by atoms with E-state index in [-0.39, 0.29) is 11.6 Å². The highest BCUT2D eigenvalue weighted by Gasteiger charge is 2.25. The summed E-state index contributed by atoms with van der Waals surface area (Å²) < 4.78 is 11.3. The lowest BCUT2D eigenvalue weighted by Gasteiger charge is -2.36. The molecule has 98 valence electrons. The highest BCUT2D eigenvalue weighted by atomic mass is 32.2. The Kier molecular flexibility index (Phi) is 4.72. The summed E-state index contributed by atoms with van der Waals surface area (Å²) in [5.41, 5.74) is 0.890. The number of nitrogens with zero attached hydrogens (tertiary/aromatic N) is 1. The Balaban J connectivity index is 2.95. The van der Waals surface area contributed by atoms with E-state index in [0.29, 0.717) is 0 Å². The van der Waals surface area contributed by atoms with Gasteiger partial charge in [-0.05, 0) is 45.5 Å². The van der Waals surface area contributed by atoms with E-state index < -0.39 is 10.8 Å². The second-order valence-electron chi connectivity index (χ2n) is 5.01. The molecule has 0 aliphatic carbocycles.